The smallest absolute Gasteiger partial charge is 0.471 e. The SMILES string of the molecule is Cc1cc(Cl)cc(C(=O)O)c1NC(=O)C(F)(F)F. The molecule has 0 saturated heterocycles. The van der Waals surface area contributed by atoms with Crippen LogP contribution < -0.4 is 5.32 Å². The van der Waals surface area contributed by atoms with Crippen LogP contribution in [0, 0.1) is 6.92 Å². The highest BCUT2D eigenvalue weighted by Gasteiger charge is 2.39. The third-order valence-corrected chi connectivity index (χ3v) is 2.24. The van der Waals surface area contributed by atoms with Crippen LogP contribution in [0.2, 0.25) is 5.02 Å². The van der Waals surface area contributed by atoms with Crippen molar-refractivity contribution in [2.45, 2.75) is 13.1 Å². The molecule has 4 nitrogen and oxygen atoms in total. The summed E-state index contributed by atoms with van der Waals surface area (Å²) >= 11 is 5.59. The number of alkyl halides is 3. The van der Waals surface area contributed by atoms with E-state index < -0.39 is 29.3 Å². The van der Waals surface area contributed by atoms with E-state index in [1.807, 2.05) is 0 Å². The Hall–Kier alpha value is -1.76. The van der Waals surface area contributed by atoms with Crippen LogP contribution in [0.1, 0.15) is 15.9 Å². The van der Waals surface area contributed by atoms with Crippen molar-refractivity contribution in [3.8, 4) is 0 Å². The Morgan fingerprint density at radius 3 is 2.33 bits per heavy atom. The molecule has 0 saturated carbocycles. The zero-order chi connectivity index (χ0) is 14.1. The number of halogens is 4. The summed E-state index contributed by atoms with van der Waals surface area (Å²) in [5.74, 6) is -3.73. The predicted octanol–water partition coefficient (Wildman–Crippen LogP) is 2.85. The number of carbonyl (C=O) groups excluding carboxylic acids is 1. The molecule has 1 amide bonds. The van der Waals surface area contributed by atoms with Crippen molar-refractivity contribution >= 4 is 29.2 Å². The van der Waals surface area contributed by atoms with Gasteiger partial charge in [-0.3, -0.25) is 4.79 Å². The lowest BCUT2D eigenvalue weighted by molar-refractivity contribution is -0.167. The van der Waals surface area contributed by atoms with Crippen LogP contribution in [0.5, 0.6) is 0 Å². The highest BCUT2D eigenvalue weighted by Crippen LogP contribution is 2.27. The molecule has 2 N–H and O–H groups in total. The van der Waals surface area contributed by atoms with Crippen molar-refractivity contribution < 1.29 is 27.9 Å². The lowest BCUT2D eigenvalue weighted by atomic mass is 10.1. The molecule has 0 bridgehead atoms. The third kappa shape index (κ3) is 3.13. The average Bonchev–Trinajstić information content (AvgIpc) is 2.19. The number of benzene rings is 1. The van der Waals surface area contributed by atoms with E-state index in [-0.39, 0.29) is 10.6 Å². The van der Waals surface area contributed by atoms with Crippen LogP contribution in [-0.4, -0.2) is 23.2 Å². The first-order chi connectivity index (χ1) is 8.12. The van der Waals surface area contributed by atoms with Gasteiger partial charge in [0.25, 0.3) is 0 Å². The summed E-state index contributed by atoms with van der Waals surface area (Å²) in [5.41, 5.74) is -0.802. The molecule has 0 unspecified atom stereocenters. The van der Waals surface area contributed by atoms with E-state index in [2.05, 4.69) is 0 Å². The van der Waals surface area contributed by atoms with E-state index in [1.165, 1.54) is 18.3 Å². The number of hydrogen-bond donors (Lipinski definition) is 2. The number of rotatable bonds is 2. The first-order valence-corrected chi connectivity index (χ1v) is 4.92. The van der Waals surface area contributed by atoms with Gasteiger partial charge in [0.1, 0.15) is 0 Å². The van der Waals surface area contributed by atoms with E-state index in [9.17, 15) is 22.8 Å². The van der Waals surface area contributed by atoms with Gasteiger partial charge < -0.3 is 10.4 Å². The maximum Gasteiger partial charge on any atom is 0.471 e. The van der Waals surface area contributed by atoms with Gasteiger partial charge in [-0.05, 0) is 24.6 Å². The third-order valence-electron chi connectivity index (χ3n) is 2.03. The van der Waals surface area contributed by atoms with Gasteiger partial charge in [0.05, 0.1) is 11.3 Å². The number of carbonyl (C=O) groups is 2. The molecule has 98 valence electrons. The van der Waals surface area contributed by atoms with Gasteiger partial charge in [-0.1, -0.05) is 11.6 Å². The Bertz CT molecular complexity index is 514. The minimum absolute atomic E-state index is 0.0508. The summed E-state index contributed by atoms with van der Waals surface area (Å²) in [7, 11) is 0. The Labute approximate surface area is 104 Å². The summed E-state index contributed by atoms with van der Waals surface area (Å²) in [6.07, 6.45) is -5.10. The fraction of sp³-hybridized carbons (Fsp3) is 0.200. The summed E-state index contributed by atoms with van der Waals surface area (Å²) < 4.78 is 36.3. The van der Waals surface area contributed by atoms with E-state index in [0.29, 0.717) is 0 Å². The molecule has 1 rings (SSSR count). The van der Waals surface area contributed by atoms with E-state index >= 15 is 0 Å². The zero-order valence-corrected chi connectivity index (χ0v) is 9.69. The number of carboxylic acid groups (broad SMARTS) is 1. The minimum Gasteiger partial charge on any atom is -0.478 e. The summed E-state index contributed by atoms with van der Waals surface area (Å²) in [6.45, 7) is 1.34. The second-order valence-corrected chi connectivity index (χ2v) is 3.84. The molecule has 0 aliphatic carbocycles. The standard InChI is InChI=1S/C10H7ClF3NO3/c1-4-2-5(11)3-6(8(16)17)7(4)15-9(18)10(12,13)14/h2-3H,1H3,(H,15,18)(H,16,17). The number of aryl methyl sites for hydroxylation is 1. The van der Waals surface area contributed by atoms with Crippen LogP contribution in [0.25, 0.3) is 0 Å². The lowest BCUT2D eigenvalue weighted by Gasteiger charge is -2.13. The van der Waals surface area contributed by atoms with E-state index in [4.69, 9.17) is 16.7 Å². The number of aromatic carboxylic acids is 1. The van der Waals surface area contributed by atoms with Crippen molar-refractivity contribution in [1.82, 2.24) is 0 Å². The Morgan fingerprint density at radius 1 is 1.33 bits per heavy atom. The molecule has 8 heteroatoms. The van der Waals surface area contributed by atoms with Crippen LogP contribution in [0.3, 0.4) is 0 Å². The van der Waals surface area contributed by atoms with Crippen molar-refractivity contribution in [3.05, 3.63) is 28.3 Å². The number of carboxylic acids is 1. The van der Waals surface area contributed by atoms with Crippen molar-refractivity contribution in [3.63, 3.8) is 0 Å². The summed E-state index contributed by atoms with van der Waals surface area (Å²) in [4.78, 5) is 21.7. The molecule has 1 aromatic carbocycles. The van der Waals surface area contributed by atoms with Crippen LogP contribution in [-0.2, 0) is 4.79 Å². The number of amides is 1. The second-order valence-electron chi connectivity index (χ2n) is 3.40. The van der Waals surface area contributed by atoms with Crippen LogP contribution in [0.15, 0.2) is 12.1 Å². The molecule has 0 spiro atoms. The summed E-state index contributed by atoms with van der Waals surface area (Å²) in [5, 5.41) is 10.4. The minimum atomic E-state index is -5.10. The van der Waals surface area contributed by atoms with Gasteiger partial charge in [-0.2, -0.15) is 13.2 Å². The van der Waals surface area contributed by atoms with Crippen LogP contribution in [0.4, 0.5) is 18.9 Å². The maximum atomic E-state index is 12.1. The molecule has 0 aliphatic rings. The van der Waals surface area contributed by atoms with E-state index in [0.717, 1.165) is 6.07 Å². The highest BCUT2D eigenvalue weighted by atomic mass is 35.5. The molecule has 1 aromatic rings. The van der Waals surface area contributed by atoms with Gasteiger partial charge in [0.15, 0.2) is 0 Å². The van der Waals surface area contributed by atoms with Crippen molar-refractivity contribution in [2.75, 3.05) is 5.32 Å². The predicted molar refractivity (Wildman–Crippen MR) is 57.8 cm³/mol. The van der Waals surface area contributed by atoms with Gasteiger partial charge in [0, 0.05) is 5.02 Å². The van der Waals surface area contributed by atoms with Crippen molar-refractivity contribution in [1.29, 1.82) is 0 Å². The average molecular weight is 282 g/mol. The number of hydrogen-bond acceptors (Lipinski definition) is 2. The molecule has 0 fully saturated rings. The molecule has 0 atom stereocenters. The second kappa shape index (κ2) is 4.85. The Kier molecular flexibility index (Phi) is 3.85. The highest BCUT2D eigenvalue weighted by molar-refractivity contribution is 6.31. The molecule has 0 heterocycles. The molecule has 0 aromatic heterocycles. The molecule has 18 heavy (non-hydrogen) atoms. The quantitative estimate of drug-likeness (QED) is 0.876. The monoisotopic (exact) mass is 281 g/mol. The Morgan fingerprint density at radius 2 is 1.89 bits per heavy atom. The normalized spacial score (nSPS) is 11.2. The van der Waals surface area contributed by atoms with Gasteiger partial charge in [-0.15, -0.1) is 0 Å². The largest absolute Gasteiger partial charge is 0.478 e. The topological polar surface area (TPSA) is 66.4 Å². The molecule has 0 radical (unpaired) electrons. The lowest BCUT2D eigenvalue weighted by Crippen LogP contribution is -2.31. The summed E-state index contributed by atoms with van der Waals surface area (Å²) in [6, 6.07) is 2.21. The Balaban J connectivity index is 3.24. The van der Waals surface area contributed by atoms with Gasteiger partial charge in [0.2, 0.25) is 0 Å². The van der Waals surface area contributed by atoms with E-state index in [1.54, 1.807) is 0 Å². The van der Waals surface area contributed by atoms with Gasteiger partial charge >= 0.3 is 18.1 Å². The zero-order valence-electron chi connectivity index (χ0n) is 8.93. The fourth-order valence-electron chi connectivity index (χ4n) is 1.26. The van der Waals surface area contributed by atoms with Crippen LogP contribution >= 0.6 is 11.6 Å². The molecular weight excluding hydrogens is 275 g/mol. The van der Waals surface area contributed by atoms with Gasteiger partial charge in [-0.25, -0.2) is 4.79 Å². The first-order valence-electron chi connectivity index (χ1n) is 4.54. The molecular formula is C10H7ClF3NO3. The maximum absolute atomic E-state index is 12.1. The number of anilines is 1. The number of nitrogens with one attached hydrogen (secondary N) is 1. The first kappa shape index (κ1) is 14.3. The van der Waals surface area contributed by atoms with Crippen molar-refractivity contribution in [2.24, 2.45) is 0 Å². The molecule has 0 aliphatic heterocycles. The fourth-order valence-corrected chi connectivity index (χ4v) is 1.53.